The van der Waals surface area contributed by atoms with E-state index >= 15 is 0 Å². The van der Waals surface area contributed by atoms with Crippen LogP contribution in [-0.4, -0.2) is 24.0 Å². The first-order valence-corrected chi connectivity index (χ1v) is 5.13. The lowest BCUT2D eigenvalue weighted by atomic mass is 9.91. The molecule has 1 aromatic rings. The van der Waals surface area contributed by atoms with Gasteiger partial charge in [0.05, 0.1) is 0 Å². The molecular weight excluding hydrogens is 190 g/mol. The number of benzene rings is 1. The third kappa shape index (κ3) is 2.36. The Hall–Kier alpha value is -1.35. The molecular formula is C12H14NO2. The second-order valence-corrected chi connectivity index (χ2v) is 3.79. The van der Waals surface area contributed by atoms with Crippen molar-refractivity contribution in [1.82, 2.24) is 5.32 Å². The zero-order chi connectivity index (χ0) is 10.7. The van der Waals surface area contributed by atoms with Crippen molar-refractivity contribution in [2.75, 3.05) is 13.1 Å². The molecule has 1 aromatic carbocycles. The molecule has 3 heteroatoms. The van der Waals surface area contributed by atoms with Gasteiger partial charge in [-0.15, -0.1) is 0 Å². The van der Waals surface area contributed by atoms with Crippen LogP contribution < -0.4 is 5.32 Å². The Morgan fingerprint density at radius 1 is 1.47 bits per heavy atom. The molecule has 0 aromatic heterocycles. The van der Waals surface area contributed by atoms with Gasteiger partial charge in [0.1, 0.15) is 5.75 Å². The molecule has 1 fully saturated rings. The summed E-state index contributed by atoms with van der Waals surface area (Å²) in [6, 6.07) is 6.54. The van der Waals surface area contributed by atoms with E-state index in [4.69, 9.17) is 0 Å². The maximum Gasteiger partial charge on any atom is 0.167 e. The number of hydrogen-bond acceptors (Lipinski definition) is 3. The molecule has 1 heterocycles. The fourth-order valence-electron chi connectivity index (χ4n) is 1.82. The first-order valence-electron chi connectivity index (χ1n) is 5.13. The van der Waals surface area contributed by atoms with Crippen LogP contribution in [0.2, 0.25) is 0 Å². The van der Waals surface area contributed by atoms with Gasteiger partial charge >= 0.3 is 0 Å². The lowest BCUT2D eigenvalue weighted by Crippen LogP contribution is -2.34. The molecule has 1 aliphatic heterocycles. The smallest absolute Gasteiger partial charge is 0.167 e. The normalized spacial score (nSPS) is 21.2. The predicted octanol–water partition coefficient (Wildman–Crippen LogP) is 1.39. The van der Waals surface area contributed by atoms with E-state index < -0.39 is 0 Å². The summed E-state index contributed by atoms with van der Waals surface area (Å²) in [6.45, 7) is 1.61. The highest BCUT2D eigenvalue weighted by Crippen LogP contribution is 2.18. The van der Waals surface area contributed by atoms with E-state index in [0.29, 0.717) is 5.56 Å². The van der Waals surface area contributed by atoms with E-state index in [1.165, 1.54) is 6.07 Å². The van der Waals surface area contributed by atoms with E-state index in [9.17, 15) is 9.90 Å². The first kappa shape index (κ1) is 10.2. The van der Waals surface area contributed by atoms with Gasteiger partial charge in [0.15, 0.2) is 5.78 Å². The van der Waals surface area contributed by atoms with Crippen molar-refractivity contribution in [3.63, 3.8) is 0 Å². The van der Waals surface area contributed by atoms with Gasteiger partial charge in [0, 0.05) is 18.0 Å². The molecule has 1 atom stereocenters. The number of carbonyl (C=O) groups is 1. The number of phenols is 1. The van der Waals surface area contributed by atoms with E-state index in [0.717, 1.165) is 19.5 Å². The largest absolute Gasteiger partial charge is 0.508 e. The minimum Gasteiger partial charge on any atom is -0.508 e. The minimum atomic E-state index is 0.0144. The molecule has 1 radical (unpaired) electrons. The molecule has 79 valence electrons. The van der Waals surface area contributed by atoms with Crippen molar-refractivity contribution in [3.8, 4) is 5.75 Å². The van der Waals surface area contributed by atoms with Crippen LogP contribution in [0.3, 0.4) is 0 Å². The quantitative estimate of drug-likeness (QED) is 0.716. The number of nitrogens with one attached hydrogen (secondary N) is 1. The SMILES string of the molecule is O=C(c1cccc(O)c1)C1C[CH]CNC1. The van der Waals surface area contributed by atoms with Gasteiger partial charge in [-0.2, -0.15) is 0 Å². The third-order valence-corrected chi connectivity index (χ3v) is 2.63. The molecule has 0 aliphatic carbocycles. The molecule has 0 spiro atoms. The Labute approximate surface area is 89.1 Å². The fourth-order valence-corrected chi connectivity index (χ4v) is 1.82. The number of piperidine rings is 1. The second kappa shape index (κ2) is 4.45. The number of aromatic hydroxyl groups is 1. The second-order valence-electron chi connectivity index (χ2n) is 3.79. The number of ketones is 1. The van der Waals surface area contributed by atoms with Crippen LogP contribution in [0.4, 0.5) is 0 Å². The van der Waals surface area contributed by atoms with Crippen LogP contribution in [0.5, 0.6) is 5.75 Å². The number of carbonyl (C=O) groups excluding carboxylic acids is 1. The van der Waals surface area contributed by atoms with E-state index in [1.807, 2.05) is 0 Å². The van der Waals surface area contributed by atoms with Crippen LogP contribution in [-0.2, 0) is 0 Å². The maximum atomic E-state index is 12.0. The number of hydrogen-bond donors (Lipinski definition) is 2. The Kier molecular flexibility index (Phi) is 3.02. The average Bonchev–Trinajstić information content (AvgIpc) is 2.29. The Morgan fingerprint density at radius 3 is 3.00 bits per heavy atom. The highest BCUT2D eigenvalue weighted by atomic mass is 16.3. The van der Waals surface area contributed by atoms with E-state index in [1.54, 1.807) is 18.2 Å². The molecule has 1 unspecified atom stereocenters. The molecule has 1 aliphatic rings. The van der Waals surface area contributed by atoms with Gasteiger partial charge in [-0.05, 0) is 31.5 Å². The Morgan fingerprint density at radius 2 is 2.33 bits per heavy atom. The number of rotatable bonds is 2. The number of Topliss-reactive ketones (excluding diaryl/α,β-unsaturated/α-hetero) is 1. The van der Waals surface area contributed by atoms with Crippen LogP contribution in [0.15, 0.2) is 24.3 Å². The maximum absolute atomic E-state index is 12.0. The van der Waals surface area contributed by atoms with E-state index in [-0.39, 0.29) is 17.5 Å². The monoisotopic (exact) mass is 204 g/mol. The highest BCUT2D eigenvalue weighted by Gasteiger charge is 2.22. The molecule has 1 saturated heterocycles. The summed E-state index contributed by atoms with van der Waals surface area (Å²) in [4.78, 5) is 12.0. The van der Waals surface area contributed by atoms with Gasteiger partial charge in [0.25, 0.3) is 0 Å². The molecule has 3 nitrogen and oxygen atoms in total. The highest BCUT2D eigenvalue weighted by molar-refractivity contribution is 5.98. The van der Waals surface area contributed by atoms with Crippen molar-refractivity contribution < 1.29 is 9.90 Å². The van der Waals surface area contributed by atoms with E-state index in [2.05, 4.69) is 11.7 Å². The van der Waals surface area contributed by atoms with Crippen LogP contribution in [0, 0.1) is 12.3 Å². The Balaban J connectivity index is 2.12. The van der Waals surface area contributed by atoms with Gasteiger partial charge in [-0.1, -0.05) is 12.1 Å². The minimum absolute atomic E-state index is 0.0144. The van der Waals surface area contributed by atoms with Crippen LogP contribution >= 0.6 is 0 Å². The average molecular weight is 204 g/mol. The first-order chi connectivity index (χ1) is 7.27. The van der Waals surface area contributed by atoms with Gasteiger partial charge in [0.2, 0.25) is 0 Å². The summed E-state index contributed by atoms with van der Waals surface area (Å²) in [6.07, 6.45) is 2.90. The topological polar surface area (TPSA) is 49.3 Å². The molecule has 0 amide bonds. The van der Waals surface area contributed by atoms with Crippen molar-refractivity contribution in [1.29, 1.82) is 0 Å². The summed E-state index contributed by atoms with van der Waals surface area (Å²) >= 11 is 0. The lowest BCUT2D eigenvalue weighted by Gasteiger charge is -2.21. The Bertz CT molecular complexity index is 356. The third-order valence-electron chi connectivity index (χ3n) is 2.63. The molecule has 2 N–H and O–H groups in total. The zero-order valence-electron chi connectivity index (χ0n) is 8.44. The summed E-state index contributed by atoms with van der Waals surface area (Å²) in [5.74, 6) is 0.267. The lowest BCUT2D eigenvalue weighted by molar-refractivity contribution is 0.0910. The molecule has 0 saturated carbocycles. The standard InChI is InChI=1S/C12H14NO2/c14-11-5-1-3-9(7-11)12(15)10-4-2-6-13-8-10/h1-3,5,7,10,13-14H,4,6,8H2. The van der Waals surface area contributed by atoms with Crippen molar-refractivity contribution in [2.45, 2.75) is 6.42 Å². The fraction of sp³-hybridized carbons (Fsp3) is 0.333. The summed E-state index contributed by atoms with van der Waals surface area (Å²) in [7, 11) is 0. The molecule has 0 bridgehead atoms. The van der Waals surface area contributed by atoms with Crippen LogP contribution in [0.25, 0.3) is 0 Å². The van der Waals surface area contributed by atoms with Crippen molar-refractivity contribution in [2.24, 2.45) is 5.92 Å². The number of phenolic OH excluding ortho intramolecular Hbond substituents is 1. The van der Waals surface area contributed by atoms with Gasteiger partial charge in [-0.3, -0.25) is 4.79 Å². The van der Waals surface area contributed by atoms with Crippen LogP contribution in [0.1, 0.15) is 16.8 Å². The van der Waals surface area contributed by atoms with Crippen molar-refractivity contribution >= 4 is 5.78 Å². The van der Waals surface area contributed by atoms with Crippen molar-refractivity contribution in [3.05, 3.63) is 36.2 Å². The van der Waals surface area contributed by atoms with Gasteiger partial charge in [-0.25, -0.2) is 0 Å². The summed E-state index contributed by atoms with van der Waals surface area (Å²) < 4.78 is 0. The molecule has 2 rings (SSSR count). The molecule has 15 heavy (non-hydrogen) atoms. The zero-order valence-corrected chi connectivity index (χ0v) is 8.44. The summed E-state index contributed by atoms with van der Waals surface area (Å²) in [5, 5.41) is 12.4. The van der Waals surface area contributed by atoms with Gasteiger partial charge < -0.3 is 10.4 Å². The predicted molar refractivity (Wildman–Crippen MR) is 57.7 cm³/mol. The summed E-state index contributed by atoms with van der Waals surface area (Å²) in [5.41, 5.74) is 0.595.